The van der Waals surface area contributed by atoms with E-state index in [1.54, 1.807) is 48.5 Å². The molecule has 0 spiro atoms. The van der Waals surface area contributed by atoms with E-state index < -0.39 is 6.04 Å². The zero-order chi connectivity index (χ0) is 15.2. The molecule has 112 valence electrons. The van der Waals surface area contributed by atoms with Gasteiger partial charge in [0.05, 0.1) is 17.4 Å². The van der Waals surface area contributed by atoms with E-state index in [4.69, 9.17) is 22.1 Å². The van der Waals surface area contributed by atoms with Gasteiger partial charge in [0.1, 0.15) is 0 Å². The van der Waals surface area contributed by atoms with Crippen molar-refractivity contribution < 1.29 is 9.53 Å². The van der Waals surface area contributed by atoms with E-state index in [1.807, 2.05) is 0 Å². The van der Waals surface area contributed by atoms with Crippen molar-refractivity contribution in [2.24, 2.45) is 5.73 Å². The Balaban J connectivity index is 2.19. The Morgan fingerprint density at radius 2 is 2.38 bits per heavy atom. The monoisotopic (exact) mass is 308 g/mol. The molecule has 1 unspecified atom stereocenters. The number of aromatic nitrogens is 2. The molecule has 0 aliphatic carbocycles. The Morgan fingerprint density at radius 1 is 1.57 bits per heavy atom. The molecular formula is C14H17ClN4O2. The molecule has 6 nitrogen and oxygen atoms in total. The van der Waals surface area contributed by atoms with Crippen molar-refractivity contribution in [2.45, 2.75) is 12.5 Å². The maximum Gasteiger partial charge on any atom is 0.241 e. The second-order valence-electron chi connectivity index (χ2n) is 4.49. The second kappa shape index (κ2) is 7.21. The first kappa shape index (κ1) is 15.5. The first-order chi connectivity index (χ1) is 10.1. The SMILES string of the molecule is COCCC(N)C(=O)Nc1cc(Cl)ccc1-n1cccn1. The molecule has 1 aromatic carbocycles. The second-order valence-corrected chi connectivity index (χ2v) is 4.93. The van der Waals surface area contributed by atoms with Crippen LogP contribution in [0.25, 0.3) is 5.69 Å². The van der Waals surface area contributed by atoms with Gasteiger partial charge in [0, 0.05) is 31.1 Å². The van der Waals surface area contributed by atoms with Crippen LogP contribution in [0.4, 0.5) is 5.69 Å². The van der Waals surface area contributed by atoms with Crippen LogP contribution in [0.5, 0.6) is 0 Å². The van der Waals surface area contributed by atoms with Crippen molar-refractivity contribution in [3.63, 3.8) is 0 Å². The van der Waals surface area contributed by atoms with Crippen molar-refractivity contribution in [1.29, 1.82) is 0 Å². The number of amides is 1. The lowest BCUT2D eigenvalue weighted by Gasteiger charge is -2.15. The van der Waals surface area contributed by atoms with Gasteiger partial charge in [-0.3, -0.25) is 4.79 Å². The number of ether oxygens (including phenoxy) is 1. The van der Waals surface area contributed by atoms with Crippen LogP contribution < -0.4 is 11.1 Å². The third-order valence-corrected chi connectivity index (χ3v) is 3.17. The van der Waals surface area contributed by atoms with Gasteiger partial charge in [-0.15, -0.1) is 0 Å². The van der Waals surface area contributed by atoms with Crippen molar-refractivity contribution in [3.8, 4) is 5.69 Å². The predicted molar refractivity (Wildman–Crippen MR) is 81.7 cm³/mol. The summed E-state index contributed by atoms with van der Waals surface area (Å²) in [7, 11) is 1.57. The van der Waals surface area contributed by atoms with E-state index in [2.05, 4.69) is 10.4 Å². The lowest BCUT2D eigenvalue weighted by Crippen LogP contribution is -2.36. The fraction of sp³-hybridized carbons (Fsp3) is 0.286. The molecular weight excluding hydrogens is 292 g/mol. The molecule has 1 aromatic heterocycles. The van der Waals surface area contributed by atoms with Crippen molar-refractivity contribution >= 4 is 23.2 Å². The molecule has 7 heteroatoms. The fourth-order valence-electron chi connectivity index (χ4n) is 1.82. The Hall–Kier alpha value is -1.89. The van der Waals surface area contributed by atoms with Crippen molar-refractivity contribution in [3.05, 3.63) is 41.7 Å². The summed E-state index contributed by atoms with van der Waals surface area (Å²) in [5.41, 5.74) is 7.09. The van der Waals surface area contributed by atoms with Crippen LogP contribution in [0.3, 0.4) is 0 Å². The largest absolute Gasteiger partial charge is 0.385 e. The summed E-state index contributed by atoms with van der Waals surface area (Å²) in [5.74, 6) is -0.289. The van der Waals surface area contributed by atoms with Gasteiger partial charge in [0.15, 0.2) is 0 Å². The topological polar surface area (TPSA) is 82.2 Å². The minimum atomic E-state index is -0.644. The van der Waals surface area contributed by atoms with Crippen LogP contribution in [0.1, 0.15) is 6.42 Å². The molecule has 0 bridgehead atoms. The highest BCUT2D eigenvalue weighted by atomic mass is 35.5. The first-order valence-electron chi connectivity index (χ1n) is 6.46. The molecule has 21 heavy (non-hydrogen) atoms. The van der Waals surface area contributed by atoms with Crippen LogP contribution >= 0.6 is 11.6 Å². The highest BCUT2D eigenvalue weighted by Crippen LogP contribution is 2.24. The van der Waals surface area contributed by atoms with Gasteiger partial charge < -0.3 is 15.8 Å². The molecule has 3 N–H and O–H groups in total. The number of methoxy groups -OCH3 is 1. The smallest absolute Gasteiger partial charge is 0.241 e. The number of carbonyl (C=O) groups is 1. The van der Waals surface area contributed by atoms with Gasteiger partial charge in [-0.1, -0.05) is 11.6 Å². The molecule has 0 fully saturated rings. The summed E-state index contributed by atoms with van der Waals surface area (Å²) >= 11 is 5.99. The average molecular weight is 309 g/mol. The van der Waals surface area contributed by atoms with Gasteiger partial charge >= 0.3 is 0 Å². The number of carbonyl (C=O) groups excluding carboxylic acids is 1. The number of nitrogens with one attached hydrogen (secondary N) is 1. The van der Waals surface area contributed by atoms with E-state index in [1.165, 1.54) is 0 Å². The van der Waals surface area contributed by atoms with Gasteiger partial charge in [-0.2, -0.15) is 5.10 Å². The van der Waals surface area contributed by atoms with Crippen LogP contribution in [-0.2, 0) is 9.53 Å². The standard InChI is InChI=1S/C14H17ClN4O2/c1-21-8-5-11(16)14(20)18-12-9-10(15)3-4-13(12)19-7-2-6-17-19/h2-4,6-7,9,11H,5,8,16H2,1H3,(H,18,20). The lowest BCUT2D eigenvalue weighted by molar-refractivity contribution is -0.117. The number of benzene rings is 1. The van der Waals surface area contributed by atoms with Gasteiger partial charge in [0.2, 0.25) is 5.91 Å². The molecule has 0 radical (unpaired) electrons. The first-order valence-corrected chi connectivity index (χ1v) is 6.84. The molecule has 2 aromatic rings. The molecule has 1 heterocycles. The van der Waals surface area contributed by atoms with Crippen molar-refractivity contribution in [1.82, 2.24) is 9.78 Å². The van der Waals surface area contributed by atoms with E-state index in [0.29, 0.717) is 23.7 Å². The number of hydrogen-bond donors (Lipinski definition) is 2. The average Bonchev–Trinajstić information content (AvgIpc) is 2.98. The molecule has 1 atom stereocenters. The fourth-order valence-corrected chi connectivity index (χ4v) is 1.99. The maximum atomic E-state index is 12.1. The van der Waals surface area contributed by atoms with Crippen LogP contribution in [0, 0.1) is 0 Å². The summed E-state index contributed by atoms with van der Waals surface area (Å²) in [5, 5.41) is 7.45. The minimum absolute atomic E-state index is 0.289. The summed E-state index contributed by atoms with van der Waals surface area (Å²) < 4.78 is 6.56. The third kappa shape index (κ3) is 4.04. The van der Waals surface area contributed by atoms with Gasteiger partial charge in [-0.05, 0) is 30.7 Å². The number of nitrogens with two attached hydrogens (primary N) is 1. The Labute approximate surface area is 127 Å². The summed E-state index contributed by atoms with van der Waals surface area (Å²) in [4.78, 5) is 12.1. The van der Waals surface area contributed by atoms with Crippen LogP contribution in [0.2, 0.25) is 5.02 Å². The zero-order valence-corrected chi connectivity index (χ0v) is 12.4. The summed E-state index contributed by atoms with van der Waals surface area (Å²) in [6.45, 7) is 0.427. The third-order valence-electron chi connectivity index (χ3n) is 2.94. The number of hydrogen-bond acceptors (Lipinski definition) is 4. The molecule has 0 aliphatic heterocycles. The number of anilines is 1. The summed E-state index contributed by atoms with van der Waals surface area (Å²) in [6, 6.07) is 6.34. The summed E-state index contributed by atoms with van der Waals surface area (Å²) in [6.07, 6.45) is 3.88. The van der Waals surface area contributed by atoms with Crippen LogP contribution in [0.15, 0.2) is 36.7 Å². The zero-order valence-electron chi connectivity index (χ0n) is 11.6. The van der Waals surface area contributed by atoms with Gasteiger partial charge in [0.25, 0.3) is 0 Å². The van der Waals surface area contributed by atoms with Gasteiger partial charge in [-0.25, -0.2) is 4.68 Å². The Kier molecular flexibility index (Phi) is 5.32. The van der Waals surface area contributed by atoms with E-state index >= 15 is 0 Å². The highest BCUT2D eigenvalue weighted by molar-refractivity contribution is 6.31. The normalized spacial score (nSPS) is 12.1. The molecule has 0 aliphatic rings. The molecule has 0 saturated carbocycles. The number of halogens is 1. The Morgan fingerprint density at radius 3 is 3.05 bits per heavy atom. The van der Waals surface area contributed by atoms with Crippen molar-refractivity contribution in [2.75, 3.05) is 19.0 Å². The Bertz CT molecular complexity index is 601. The van der Waals surface area contributed by atoms with E-state index in [-0.39, 0.29) is 5.91 Å². The number of rotatable bonds is 6. The highest BCUT2D eigenvalue weighted by Gasteiger charge is 2.16. The maximum absolute atomic E-state index is 12.1. The molecule has 2 rings (SSSR count). The lowest BCUT2D eigenvalue weighted by atomic mass is 10.2. The minimum Gasteiger partial charge on any atom is -0.385 e. The van der Waals surface area contributed by atoms with E-state index in [0.717, 1.165) is 5.69 Å². The molecule has 0 saturated heterocycles. The quantitative estimate of drug-likeness (QED) is 0.853. The van der Waals surface area contributed by atoms with E-state index in [9.17, 15) is 4.79 Å². The number of nitrogens with zero attached hydrogens (tertiary/aromatic N) is 2. The van der Waals surface area contributed by atoms with Crippen LogP contribution in [-0.4, -0.2) is 35.4 Å². The molecule has 1 amide bonds. The predicted octanol–water partition coefficient (Wildman–Crippen LogP) is 1.83.